The number of carbonyl (C=O) groups excluding carboxylic acids is 2. The first-order chi connectivity index (χ1) is 15.4. The predicted octanol–water partition coefficient (Wildman–Crippen LogP) is 5.47. The summed E-state index contributed by atoms with van der Waals surface area (Å²) in [6, 6.07) is 20.7. The van der Waals surface area contributed by atoms with Gasteiger partial charge in [0.1, 0.15) is 12.4 Å². The molecule has 0 saturated carbocycles. The van der Waals surface area contributed by atoms with E-state index in [-0.39, 0.29) is 18.4 Å². The number of carbonyl (C=O) groups is 2. The van der Waals surface area contributed by atoms with E-state index >= 15 is 0 Å². The normalized spacial score (nSPS) is 11.8. The van der Waals surface area contributed by atoms with E-state index in [0.717, 1.165) is 11.0 Å². The van der Waals surface area contributed by atoms with Crippen molar-refractivity contribution in [1.29, 1.82) is 0 Å². The number of nitrogens with one attached hydrogen (secondary N) is 2. The summed E-state index contributed by atoms with van der Waals surface area (Å²) in [5.74, 6) is 0.117. The van der Waals surface area contributed by atoms with E-state index in [0.29, 0.717) is 27.1 Å². The van der Waals surface area contributed by atoms with Crippen molar-refractivity contribution in [2.45, 2.75) is 19.5 Å². The minimum absolute atomic E-state index is 0.0413. The van der Waals surface area contributed by atoms with Crippen molar-refractivity contribution in [2.24, 2.45) is 0 Å². The summed E-state index contributed by atoms with van der Waals surface area (Å²) in [6.07, 6.45) is 0. The number of anilines is 1. The largest absolute Gasteiger partial charge is 0.342 e. The Kier molecular flexibility index (Phi) is 6.44. The van der Waals surface area contributed by atoms with Gasteiger partial charge >= 0.3 is 0 Å². The van der Waals surface area contributed by atoms with Crippen LogP contribution in [0.4, 0.5) is 5.69 Å². The van der Waals surface area contributed by atoms with Crippen LogP contribution in [0.25, 0.3) is 11.0 Å². The molecule has 0 aliphatic carbocycles. The molecule has 0 fully saturated rings. The Morgan fingerprint density at radius 3 is 2.25 bits per heavy atom. The molecule has 0 aliphatic rings. The van der Waals surface area contributed by atoms with Crippen LogP contribution >= 0.6 is 23.2 Å². The molecule has 32 heavy (non-hydrogen) atoms. The summed E-state index contributed by atoms with van der Waals surface area (Å²) >= 11 is 11.8. The fraction of sp³-hybridized carbons (Fsp3) is 0.125. The molecule has 162 valence electrons. The highest BCUT2D eigenvalue weighted by Gasteiger charge is 2.20. The average Bonchev–Trinajstić information content (AvgIpc) is 3.14. The van der Waals surface area contributed by atoms with Gasteiger partial charge in [0, 0.05) is 21.3 Å². The lowest BCUT2D eigenvalue weighted by atomic mass is 10.2. The molecule has 0 saturated heterocycles. The fourth-order valence-corrected chi connectivity index (χ4v) is 3.67. The molecule has 0 bridgehead atoms. The zero-order valence-corrected chi connectivity index (χ0v) is 18.7. The Morgan fingerprint density at radius 2 is 1.56 bits per heavy atom. The first kappa shape index (κ1) is 21.9. The summed E-state index contributed by atoms with van der Waals surface area (Å²) in [6.45, 7) is 1.88. The first-order valence-electron chi connectivity index (χ1n) is 9.98. The van der Waals surface area contributed by atoms with Crippen LogP contribution in [0, 0.1) is 0 Å². The lowest BCUT2D eigenvalue weighted by molar-refractivity contribution is -0.116. The maximum absolute atomic E-state index is 12.8. The Morgan fingerprint density at radius 1 is 0.938 bits per heavy atom. The van der Waals surface area contributed by atoms with E-state index in [1.165, 1.54) is 0 Å². The van der Waals surface area contributed by atoms with Gasteiger partial charge in [0.15, 0.2) is 0 Å². The van der Waals surface area contributed by atoms with Gasteiger partial charge in [0.2, 0.25) is 5.91 Å². The van der Waals surface area contributed by atoms with Crippen LogP contribution in [0.2, 0.25) is 10.0 Å². The van der Waals surface area contributed by atoms with Crippen molar-refractivity contribution in [3.63, 3.8) is 0 Å². The zero-order chi connectivity index (χ0) is 22.7. The molecule has 4 rings (SSSR count). The van der Waals surface area contributed by atoms with Gasteiger partial charge in [-0.25, -0.2) is 4.98 Å². The van der Waals surface area contributed by atoms with Crippen molar-refractivity contribution in [3.8, 4) is 0 Å². The standard InChI is InChI=1S/C24H20Cl2N4O2/c1-15(27-24(32)16-6-8-17(25)9-7-16)23-29-20-4-2-3-5-21(20)30(23)14-22(31)28-19-12-10-18(26)11-13-19/h2-13,15H,14H2,1H3,(H,27,32)(H,28,31). The monoisotopic (exact) mass is 466 g/mol. The second kappa shape index (κ2) is 9.42. The molecule has 6 nitrogen and oxygen atoms in total. The van der Waals surface area contributed by atoms with Gasteiger partial charge in [-0.1, -0.05) is 35.3 Å². The van der Waals surface area contributed by atoms with Crippen LogP contribution in [0.1, 0.15) is 29.1 Å². The van der Waals surface area contributed by atoms with Gasteiger partial charge in [-0.3, -0.25) is 9.59 Å². The van der Waals surface area contributed by atoms with Crippen LogP contribution in [0.3, 0.4) is 0 Å². The quantitative estimate of drug-likeness (QED) is 0.395. The van der Waals surface area contributed by atoms with E-state index < -0.39 is 6.04 Å². The molecule has 2 amide bonds. The van der Waals surface area contributed by atoms with Crippen LogP contribution in [0.5, 0.6) is 0 Å². The lowest BCUT2D eigenvalue weighted by Crippen LogP contribution is -2.30. The topological polar surface area (TPSA) is 76.0 Å². The van der Waals surface area contributed by atoms with E-state index in [1.807, 2.05) is 35.8 Å². The van der Waals surface area contributed by atoms with E-state index in [1.54, 1.807) is 48.5 Å². The molecule has 4 aromatic rings. The average molecular weight is 467 g/mol. The molecule has 1 heterocycles. The van der Waals surface area contributed by atoms with E-state index in [2.05, 4.69) is 15.6 Å². The highest BCUT2D eigenvalue weighted by atomic mass is 35.5. The minimum Gasteiger partial charge on any atom is -0.342 e. The predicted molar refractivity (Wildman–Crippen MR) is 127 cm³/mol. The molecule has 8 heteroatoms. The number of hydrogen-bond donors (Lipinski definition) is 2. The number of halogens is 2. The second-order valence-corrected chi connectivity index (χ2v) is 8.17. The summed E-state index contributed by atoms with van der Waals surface area (Å²) in [7, 11) is 0. The van der Waals surface area contributed by atoms with Crippen molar-refractivity contribution in [2.75, 3.05) is 5.32 Å². The number of para-hydroxylation sites is 2. The molecule has 0 radical (unpaired) electrons. The molecule has 1 atom stereocenters. The number of rotatable bonds is 6. The first-order valence-corrected chi connectivity index (χ1v) is 10.7. The summed E-state index contributed by atoms with van der Waals surface area (Å²) in [5, 5.41) is 6.97. The molecule has 0 aliphatic heterocycles. The molecule has 1 aromatic heterocycles. The van der Waals surface area contributed by atoms with Crippen molar-refractivity contribution in [3.05, 3.63) is 94.2 Å². The molecule has 3 aromatic carbocycles. The van der Waals surface area contributed by atoms with Crippen molar-refractivity contribution >= 4 is 51.7 Å². The van der Waals surface area contributed by atoms with Gasteiger partial charge in [0.05, 0.1) is 17.1 Å². The van der Waals surface area contributed by atoms with Gasteiger partial charge in [-0.05, 0) is 67.6 Å². The Bertz CT molecular complexity index is 1270. The number of benzene rings is 3. The fourth-order valence-electron chi connectivity index (χ4n) is 3.41. The van der Waals surface area contributed by atoms with Crippen LogP contribution in [0.15, 0.2) is 72.8 Å². The van der Waals surface area contributed by atoms with Crippen LogP contribution in [-0.4, -0.2) is 21.4 Å². The highest BCUT2D eigenvalue weighted by molar-refractivity contribution is 6.31. The van der Waals surface area contributed by atoms with Crippen molar-refractivity contribution in [1.82, 2.24) is 14.9 Å². The molecule has 2 N–H and O–H groups in total. The third-order valence-electron chi connectivity index (χ3n) is 4.96. The van der Waals surface area contributed by atoms with E-state index in [4.69, 9.17) is 23.2 Å². The molecule has 1 unspecified atom stereocenters. The number of fused-ring (bicyclic) bond motifs is 1. The van der Waals surface area contributed by atoms with Crippen LogP contribution in [-0.2, 0) is 11.3 Å². The number of aromatic nitrogens is 2. The third-order valence-corrected chi connectivity index (χ3v) is 5.46. The Hall–Kier alpha value is -3.35. The maximum Gasteiger partial charge on any atom is 0.251 e. The Balaban J connectivity index is 1.57. The number of hydrogen-bond acceptors (Lipinski definition) is 3. The molecular weight excluding hydrogens is 447 g/mol. The van der Waals surface area contributed by atoms with Gasteiger partial charge in [0.25, 0.3) is 5.91 Å². The highest BCUT2D eigenvalue weighted by Crippen LogP contribution is 2.22. The molecular formula is C24H20Cl2N4O2. The molecule has 0 spiro atoms. The van der Waals surface area contributed by atoms with Gasteiger partial charge in [-0.15, -0.1) is 0 Å². The summed E-state index contributed by atoms with van der Waals surface area (Å²) < 4.78 is 1.81. The van der Waals surface area contributed by atoms with Crippen LogP contribution < -0.4 is 10.6 Å². The SMILES string of the molecule is CC(NC(=O)c1ccc(Cl)cc1)c1nc2ccccc2n1CC(=O)Nc1ccc(Cl)cc1. The van der Waals surface area contributed by atoms with Crippen molar-refractivity contribution < 1.29 is 9.59 Å². The maximum atomic E-state index is 12.8. The smallest absolute Gasteiger partial charge is 0.251 e. The second-order valence-electron chi connectivity index (χ2n) is 7.30. The number of nitrogens with zero attached hydrogens (tertiary/aromatic N) is 2. The lowest BCUT2D eigenvalue weighted by Gasteiger charge is -2.16. The van der Waals surface area contributed by atoms with E-state index in [9.17, 15) is 9.59 Å². The zero-order valence-electron chi connectivity index (χ0n) is 17.2. The number of amides is 2. The van der Waals surface area contributed by atoms with Gasteiger partial charge < -0.3 is 15.2 Å². The summed E-state index contributed by atoms with van der Waals surface area (Å²) in [4.78, 5) is 30.1. The minimum atomic E-state index is -0.436. The Labute approximate surface area is 195 Å². The summed E-state index contributed by atoms with van der Waals surface area (Å²) in [5.41, 5.74) is 2.69. The third kappa shape index (κ3) is 4.93. The number of imidazole rings is 1. The van der Waals surface area contributed by atoms with Gasteiger partial charge in [-0.2, -0.15) is 0 Å².